The van der Waals surface area contributed by atoms with E-state index < -0.39 is 0 Å². The normalized spacial score (nSPS) is 22.5. The highest BCUT2D eigenvalue weighted by Crippen LogP contribution is 2.35. The molecule has 1 fully saturated rings. The Hall–Kier alpha value is -1.09. The van der Waals surface area contributed by atoms with Crippen LogP contribution in [0.15, 0.2) is 24.3 Å². The third-order valence-electron chi connectivity index (χ3n) is 4.99. The molecule has 24 heavy (non-hydrogen) atoms. The Kier molecular flexibility index (Phi) is 11.5. The van der Waals surface area contributed by atoms with Crippen LogP contribution in [0.25, 0.3) is 0 Å². The molecule has 0 radical (unpaired) electrons. The molecule has 3 nitrogen and oxygen atoms in total. The van der Waals surface area contributed by atoms with Gasteiger partial charge in [0.1, 0.15) is 0 Å². The van der Waals surface area contributed by atoms with Gasteiger partial charge in [-0.25, -0.2) is 0 Å². The van der Waals surface area contributed by atoms with Crippen molar-refractivity contribution in [3.05, 3.63) is 24.3 Å². The Morgan fingerprint density at radius 2 is 2.08 bits per heavy atom. The smallest absolute Gasteiger partial charge is 0.305 e. The van der Waals surface area contributed by atoms with Crippen LogP contribution >= 0.6 is 0 Å². The molecule has 1 aliphatic rings. The highest BCUT2D eigenvalue weighted by atomic mass is 16.5. The maximum Gasteiger partial charge on any atom is 0.305 e. The van der Waals surface area contributed by atoms with Crippen LogP contribution in [0.1, 0.15) is 77.6 Å². The molecule has 0 aromatic rings. The van der Waals surface area contributed by atoms with Crippen molar-refractivity contribution in [2.24, 2.45) is 11.8 Å². The van der Waals surface area contributed by atoms with Crippen LogP contribution in [0.3, 0.4) is 0 Å². The molecule has 1 saturated carbocycles. The molecule has 1 rings (SSSR count). The Balaban J connectivity index is 2.23. The van der Waals surface area contributed by atoms with Crippen molar-refractivity contribution in [3.8, 4) is 0 Å². The molecule has 0 aromatic heterocycles. The summed E-state index contributed by atoms with van der Waals surface area (Å²) < 4.78 is 4.64. The fraction of sp³-hybridized carbons (Fsp3) is 0.762. The second-order valence-corrected chi connectivity index (χ2v) is 6.98. The number of esters is 1. The van der Waals surface area contributed by atoms with Crippen molar-refractivity contribution < 1.29 is 14.6 Å². The molecular weight excluding hydrogens is 300 g/mol. The van der Waals surface area contributed by atoms with E-state index in [0.717, 1.165) is 32.1 Å². The zero-order valence-electron chi connectivity index (χ0n) is 15.6. The van der Waals surface area contributed by atoms with Crippen LogP contribution in [-0.4, -0.2) is 24.3 Å². The van der Waals surface area contributed by atoms with E-state index in [1.54, 1.807) is 0 Å². The van der Waals surface area contributed by atoms with Gasteiger partial charge in [-0.05, 0) is 50.4 Å². The molecule has 0 saturated heterocycles. The molecule has 0 amide bonds. The summed E-state index contributed by atoms with van der Waals surface area (Å²) in [5.41, 5.74) is 0. The van der Waals surface area contributed by atoms with Gasteiger partial charge in [0.05, 0.1) is 13.2 Å². The van der Waals surface area contributed by atoms with Crippen molar-refractivity contribution in [1.82, 2.24) is 0 Å². The number of hydrogen-bond donors (Lipinski definition) is 1. The molecule has 3 heteroatoms. The number of ether oxygens (including phenoxy) is 1. The lowest BCUT2D eigenvalue weighted by Crippen LogP contribution is -2.07. The quantitative estimate of drug-likeness (QED) is 0.303. The Labute approximate surface area is 148 Å². The van der Waals surface area contributed by atoms with Crippen LogP contribution in [0.5, 0.6) is 0 Å². The summed E-state index contributed by atoms with van der Waals surface area (Å²) in [7, 11) is 1.44. The second kappa shape index (κ2) is 13.2. The fourth-order valence-corrected chi connectivity index (χ4v) is 3.44. The molecule has 0 aliphatic heterocycles. The minimum absolute atomic E-state index is 0.123. The molecule has 0 aromatic carbocycles. The predicted molar refractivity (Wildman–Crippen MR) is 99.7 cm³/mol. The lowest BCUT2D eigenvalue weighted by atomic mass is 9.91. The molecule has 138 valence electrons. The summed E-state index contributed by atoms with van der Waals surface area (Å²) in [6.07, 6.45) is 20.1. The fourth-order valence-electron chi connectivity index (χ4n) is 3.44. The molecule has 3 atom stereocenters. The molecule has 0 bridgehead atoms. The number of methoxy groups -OCH3 is 1. The number of carbonyl (C=O) groups is 1. The first-order valence-corrected chi connectivity index (χ1v) is 9.75. The Bertz CT molecular complexity index is 387. The highest BCUT2D eigenvalue weighted by Gasteiger charge is 2.23. The lowest BCUT2D eigenvalue weighted by molar-refractivity contribution is -0.140. The van der Waals surface area contributed by atoms with Crippen molar-refractivity contribution in [1.29, 1.82) is 0 Å². The first-order valence-electron chi connectivity index (χ1n) is 9.75. The van der Waals surface area contributed by atoms with Gasteiger partial charge in [0.2, 0.25) is 0 Å². The number of aliphatic hydroxyl groups is 1. The summed E-state index contributed by atoms with van der Waals surface area (Å²) in [5, 5.41) is 10.0. The van der Waals surface area contributed by atoms with Gasteiger partial charge in [-0.15, -0.1) is 0 Å². The lowest BCUT2D eigenvalue weighted by Gasteiger charge is -2.15. The highest BCUT2D eigenvalue weighted by molar-refractivity contribution is 5.69. The van der Waals surface area contributed by atoms with Crippen LogP contribution in [0.4, 0.5) is 0 Å². The van der Waals surface area contributed by atoms with Crippen LogP contribution in [0, 0.1) is 11.8 Å². The van der Waals surface area contributed by atoms with Crippen molar-refractivity contribution in [2.45, 2.75) is 83.7 Å². The standard InChI is InChI=1S/C21H36O3/c1-3-4-7-14-20(22)17-16-19-13-10-12-18(19)11-8-5-6-9-15-21(23)24-2/h5,8,16-20,22H,3-4,6-7,9-15H2,1-2H3/b8-5-,17-16+/t18-,19+,20-/m1/s1. The van der Waals surface area contributed by atoms with Gasteiger partial charge < -0.3 is 9.84 Å². The van der Waals surface area contributed by atoms with Gasteiger partial charge >= 0.3 is 5.97 Å². The third kappa shape index (κ3) is 9.27. The zero-order valence-corrected chi connectivity index (χ0v) is 15.6. The van der Waals surface area contributed by atoms with E-state index in [9.17, 15) is 9.90 Å². The average Bonchev–Trinajstić information content (AvgIpc) is 3.03. The molecule has 0 unspecified atom stereocenters. The van der Waals surface area contributed by atoms with Gasteiger partial charge in [-0.2, -0.15) is 0 Å². The summed E-state index contributed by atoms with van der Waals surface area (Å²) in [5.74, 6) is 1.20. The van der Waals surface area contributed by atoms with Crippen molar-refractivity contribution >= 4 is 5.97 Å². The molecular formula is C21H36O3. The monoisotopic (exact) mass is 336 g/mol. The molecule has 0 heterocycles. The van der Waals surface area contributed by atoms with Crippen molar-refractivity contribution in [2.75, 3.05) is 7.11 Å². The van der Waals surface area contributed by atoms with E-state index in [1.807, 2.05) is 6.08 Å². The number of hydrogen-bond acceptors (Lipinski definition) is 3. The van der Waals surface area contributed by atoms with Gasteiger partial charge in [-0.3, -0.25) is 4.79 Å². The number of rotatable bonds is 12. The minimum Gasteiger partial charge on any atom is -0.469 e. The Morgan fingerprint density at radius 1 is 1.25 bits per heavy atom. The van der Waals surface area contributed by atoms with Crippen LogP contribution < -0.4 is 0 Å². The summed E-state index contributed by atoms with van der Waals surface area (Å²) in [6, 6.07) is 0. The SMILES string of the molecule is CCCCC[C@@H](O)/C=C/[C@@H]1CCC[C@H]1C/C=C\CCCC(=O)OC. The summed E-state index contributed by atoms with van der Waals surface area (Å²) >= 11 is 0. The van der Waals surface area contributed by atoms with Gasteiger partial charge in [0.25, 0.3) is 0 Å². The first-order chi connectivity index (χ1) is 11.7. The van der Waals surface area contributed by atoms with E-state index in [2.05, 4.69) is 29.9 Å². The third-order valence-corrected chi connectivity index (χ3v) is 4.99. The largest absolute Gasteiger partial charge is 0.469 e. The predicted octanol–water partition coefficient (Wildman–Crippen LogP) is 5.19. The van der Waals surface area contributed by atoms with E-state index in [1.165, 1.54) is 39.2 Å². The van der Waals surface area contributed by atoms with E-state index >= 15 is 0 Å². The topological polar surface area (TPSA) is 46.5 Å². The Morgan fingerprint density at radius 3 is 2.83 bits per heavy atom. The van der Waals surface area contributed by atoms with Crippen molar-refractivity contribution in [3.63, 3.8) is 0 Å². The van der Waals surface area contributed by atoms with Gasteiger partial charge in [0, 0.05) is 6.42 Å². The number of aliphatic hydroxyl groups excluding tert-OH is 1. The van der Waals surface area contributed by atoms with Gasteiger partial charge in [0.15, 0.2) is 0 Å². The molecule has 0 spiro atoms. The molecule has 1 aliphatic carbocycles. The summed E-state index contributed by atoms with van der Waals surface area (Å²) in [6.45, 7) is 2.19. The van der Waals surface area contributed by atoms with Crippen LogP contribution in [0.2, 0.25) is 0 Å². The number of carbonyl (C=O) groups excluding carboxylic acids is 1. The van der Waals surface area contributed by atoms with Crippen LogP contribution in [-0.2, 0) is 9.53 Å². The van der Waals surface area contributed by atoms with E-state index in [0.29, 0.717) is 18.3 Å². The van der Waals surface area contributed by atoms with E-state index in [4.69, 9.17) is 0 Å². The number of allylic oxidation sites excluding steroid dienone is 3. The maximum absolute atomic E-state index is 11.0. The number of unbranched alkanes of at least 4 members (excludes halogenated alkanes) is 3. The average molecular weight is 337 g/mol. The van der Waals surface area contributed by atoms with E-state index in [-0.39, 0.29) is 12.1 Å². The minimum atomic E-state index is -0.272. The second-order valence-electron chi connectivity index (χ2n) is 6.98. The maximum atomic E-state index is 11.0. The van der Waals surface area contributed by atoms with Gasteiger partial charge in [-0.1, -0.05) is 56.9 Å². The summed E-state index contributed by atoms with van der Waals surface area (Å²) in [4.78, 5) is 11.0. The first kappa shape index (κ1) is 21.0. The zero-order chi connectivity index (χ0) is 17.6. The molecule has 1 N–H and O–H groups in total.